The molecule has 0 radical (unpaired) electrons. The molecule has 2 aromatic rings. The number of rotatable bonds is 8. The SMILES string of the molecule is O=c1[nH]c(NCCCCCO)nnc1Cc1ccco1. The highest BCUT2D eigenvalue weighted by Crippen LogP contribution is 2.04. The van der Waals surface area contributed by atoms with E-state index in [0.717, 1.165) is 19.3 Å². The lowest BCUT2D eigenvalue weighted by atomic mass is 10.2. The molecule has 7 nitrogen and oxygen atoms in total. The molecule has 0 spiro atoms. The average molecular weight is 278 g/mol. The van der Waals surface area contributed by atoms with Crippen LogP contribution in [0.1, 0.15) is 30.7 Å². The summed E-state index contributed by atoms with van der Waals surface area (Å²) in [5.41, 5.74) is 0.0556. The highest BCUT2D eigenvalue weighted by atomic mass is 16.3. The topological polar surface area (TPSA) is 104 Å². The lowest BCUT2D eigenvalue weighted by Gasteiger charge is -2.04. The Labute approximate surface area is 116 Å². The summed E-state index contributed by atoms with van der Waals surface area (Å²) in [4.78, 5) is 14.5. The van der Waals surface area contributed by atoms with Gasteiger partial charge in [-0.15, -0.1) is 10.2 Å². The number of aliphatic hydroxyl groups is 1. The molecule has 7 heteroatoms. The summed E-state index contributed by atoms with van der Waals surface area (Å²) in [5.74, 6) is 1.04. The molecule has 0 aromatic carbocycles. The van der Waals surface area contributed by atoms with Gasteiger partial charge in [-0.05, 0) is 31.4 Å². The van der Waals surface area contributed by atoms with E-state index in [2.05, 4.69) is 20.5 Å². The van der Waals surface area contributed by atoms with Crippen LogP contribution in [0.25, 0.3) is 0 Å². The van der Waals surface area contributed by atoms with E-state index in [4.69, 9.17) is 9.52 Å². The number of hydrogen-bond donors (Lipinski definition) is 3. The first-order valence-electron chi connectivity index (χ1n) is 6.62. The Hall–Kier alpha value is -2.15. The number of aliphatic hydroxyl groups excluding tert-OH is 1. The summed E-state index contributed by atoms with van der Waals surface area (Å²) in [6.45, 7) is 0.889. The molecule has 0 saturated heterocycles. The van der Waals surface area contributed by atoms with E-state index in [9.17, 15) is 4.79 Å². The maximum absolute atomic E-state index is 11.8. The van der Waals surface area contributed by atoms with Crippen molar-refractivity contribution >= 4 is 5.95 Å². The van der Waals surface area contributed by atoms with E-state index in [0.29, 0.717) is 30.4 Å². The summed E-state index contributed by atoms with van der Waals surface area (Å²) in [5, 5.41) is 19.5. The molecule has 0 aliphatic heterocycles. The zero-order valence-electron chi connectivity index (χ0n) is 11.1. The largest absolute Gasteiger partial charge is 0.469 e. The molecule has 3 N–H and O–H groups in total. The van der Waals surface area contributed by atoms with E-state index in [-0.39, 0.29) is 12.2 Å². The summed E-state index contributed by atoms with van der Waals surface area (Å²) < 4.78 is 5.17. The molecule has 0 aliphatic rings. The molecule has 0 unspecified atom stereocenters. The molecule has 0 saturated carbocycles. The maximum atomic E-state index is 11.8. The smallest absolute Gasteiger partial charge is 0.274 e. The van der Waals surface area contributed by atoms with Gasteiger partial charge in [0.2, 0.25) is 5.95 Å². The molecule has 0 bridgehead atoms. The monoisotopic (exact) mass is 278 g/mol. The standard InChI is InChI=1S/C13H18N4O3/c18-7-3-1-2-6-14-13-15-12(19)11(16-17-13)9-10-5-4-8-20-10/h4-5,8,18H,1-3,6-7,9H2,(H2,14,15,17,19). The number of aromatic amines is 1. The van der Waals surface area contributed by atoms with Crippen LogP contribution in [0.15, 0.2) is 27.6 Å². The van der Waals surface area contributed by atoms with Gasteiger partial charge >= 0.3 is 0 Å². The first kappa shape index (κ1) is 14.3. The summed E-state index contributed by atoms with van der Waals surface area (Å²) in [7, 11) is 0. The summed E-state index contributed by atoms with van der Waals surface area (Å²) >= 11 is 0. The predicted octanol–water partition coefficient (Wildman–Crippen LogP) is 0.923. The fourth-order valence-electron chi connectivity index (χ4n) is 1.75. The number of hydrogen-bond acceptors (Lipinski definition) is 6. The second-order valence-electron chi connectivity index (χ2n) is 4.42. The number of H-pyrrole nitrogens is 1. The van der Waals surface area contributed by atoms with Gasteiger partial charge in [-0.25, -0.2) is 0 Å². The molecular weight excluding hydrogens is 260 g/mol. The van der Waals surface area contributed by atoms with E-state index in [1.165, 1.54) is 0 Å². The fraction of sp³-hybridized carbons (Fsp3) is 0.462. The molecule has 0 amide bonds. The van der Waals surface area contributed by atoms with Crippen molar-refractivity contribution < 1.29 is 9.52 Å². The molecule has 20 heavy (non-hydrogen) atoms. The van der Waals surface area contributed by atoms with E-state index in [1.54, 1.807) is 18.4 Å². The molecule has 0 fully saturated rings. The Kier molecular flexibility index (Phi) is 5.31. The van der Waals surface area contributed by atoms with Gasteiger partial charge in [-0.1, -0.05) is 0 Å². The van der Waals surface area contributed by atoms with Crippen LogP contribution in [0.5, 0.6) is 0 Å². The van der Waals surface area contributed by atoms with Crippen molar-refractivity contribution in [2.24, 2.45) is 0 Å². The van der Waals surface area contributed by atoms with Crippen LogP contribution < -0.4 is 10.9 Å². The van der Waals surface area contributed by atoms with Crippen molar-refractivity contribution in [1.29, 1.82) is 0 Å². The minimum atomic E-state index is -0.269. The van der Waals surface area contributed by atoms with Gasteiger partial charge in [0.05, 0.1) is 12.7 Å². The zero-order valence-corrected chi connectivity index (χ0v) is 11.1. The van der Waals surface area contributed by atoms with Gasteiger partial charge in [0.25, 0.3) is 5.56 Å². The highest BCUT2D eigenvalue weighted by Gasteiger charge is 2.07. The number of unbranched alkanes of at least 4 members (excludes halogenated alkanes) is 2. The van der Waals surface area contributed by atoms with E-state index < -0.39 is 0 Å². The van der Waals surface area contributed by atoms with Gasteiger partial charge in [0.15, 0.2) is 0 Å². The lowest BCUT2D eigenvalue weighted by molar-refractivity contribution is 0.283. The van der Waals surface area contributed by atoms with Crippen LogP contribution in [0, 0.1) is 0 Å². The molecule has 0 atom stereocenters. The fourth-order valence-corrected chi connectivity index (χ4v) is 1.75. The maximum Gasteiger partial charge on any atom is 0.274 e. The summed E-state index contributed by atoms with van der Waals surface area (Å²) in [6, 6.07) is 3.55. The van der Waals surface area contributed by atoms with E-state index in [1.807, 2.05) is 0 Å². The minimum Gasteiger partial charge on any atom is -0.469 e. The first-order chi connectivity index (χ1) is 9.79. The second-order valence-corrected chi connectivity index (χ2v) is 4.42. The Morgan fingerprint density at radius 2 is 2.20 bits per heavy atom. The third kappa shape index (κ3) is 4.20. The highest BCUT2D eigenvalue weighted by molar-refractivity contribution is 5.22. The normalized spacial score (nSPS) is 10.7. The van der Waals surface area contributed by atoms with Crippen LogP contribution in [0.2, 0.25) is 0 Å². The molecule has 2 aromatic heterocycles. The van der Waals surface area contributed by atoms with Crippen LogP contribution in [-0.4, -0.2) is 33.4 Å². The number of aromatic nitrogens is 3. The third-order valence-corrected chi connectivity index (χ3v) is 2.81. The minimum absolute atomic E-state index is 0.206. The van der Waals surface area contributed by atoms with Crippen molar-refractivity contribution in [2.45, 2.75) is 25.7 Å². The molecular formula is C13H18N4O3. The molecule has 108 valence electrons. The van der Waals surface area contributed by atoms with Crippen molar-refractivity contribution in [3.05, 3.63) is 40.2 Å². The lowest BCUT2D eigenvalue weighted by Crippen LogP contribution is -2.20. The van der Waals surface area contributed by atoms with Gasteiger partial charge < -0.3 is 14.8 Å². The van der Waals surface area contributed by atoms with Gasteiger partial charge in [-0.3, -0.25) is 9.78 Å². The number of nitrogens with zero attached hydrogens (tertiary/aromatic N) is 2. The molecule has 2 rings (SSSR count). The zero-order chi connectivity index (χ0) is 14.2. The predicted molar refractivity (Wildman–Crippen MR) is 73.6 cm³/mol. The van der Waals surface area contributed by atoms with Crippen molar-refractivity contribution in [3.8, 4) is 0 Å². The van der Waals surface area contributed by atoms with Crippen LogP contribution >= 0.6 is 0 Å². The quantitative estimate of drug-likeness (QED) is 0.620. The van der Waals surface area contributed by atoms with Crippen LogP contribution in [0.3, 0.4) is 0 Å². The second kappa shape index (κ2) is 7.44. The summed E-state index contributed by atoms with van der Waals surface area (Å²) in [6.07, 6.45) is 4.49. The average Bonchev–Trinajstić information content (AvgIpc) is 2.94. The Bertz CT molecular complexity index is 565. The molecule has 0 aliphatic carbocycles. The van der Waals surface area contributed by atoms with Gasteiger partial charge in [-0.2, -0.15) is 0 Å². The number of furan rings is 1. The van der Waals surface area contributed by atoms with Crippen LogP contribution in [-0.2, 0) is 6.42 Å². The van der Waals surface area contributed by atoms with E-state index >= 15 is 0 Å². The third-order valence-electron chi connectivity index (χ3n) is 2.81. The number of anilines is 1. The van der Waals surface area contributed by atoms with Crippen molar-refractivity contribution in [2.75, 3.05) is 18.5 Å². The Morgan fingerprint density at radius 3 is 2.90 bits per heavy atom. The van der Waals surface area contributed by atoms with Crippen molar-refractivity contribution in [3.63, 3.8) is 0 Å². The van der Waals surface area contributed by atoms with Gasteiger partial charge in [0, 0.05) is 13.2 Å². The van der Waals surface area contributed by atoms with Crippen LogP contribution in [0.4, 0.5) is 5.95 Å². The molecule has 2 heterocycles. The number of nitrogens with one attached hydrogen (secondary N) is 2. The van der Waals surface area contributed by atoms with Crippen molar-refractivity contribution in [1.82, 2.24) is 15.2 Å². The first-order valence-corrected chi connectivity index (χ1v) is 6.62. The Morgan fingerprint density at radius 1 is 1.30 bits per heavy atom. The Balaban J connectivity index is 1.87. The van der Waals surface area contributed by atoms with Gasteiger partial charge in [0.1, 0.15) is 11.5 Å².